The summed E-state index contributed by atoms with van der Waals surface area (Å²) in [5.41, 5.74) is 2.71. The zero-order valence-electron chi connectivity index (χ0n) is 13.9. The molecule has 2 aromatic heterocycles. The Labute approximate surface area is 150 Å². The lowest BCUT2D eigenvalue weighted by Crippen LogP contribution is -2.07. The Morgan fingerprint density at radius 2 is 2.04 bits per heavy atom. The van der Waals surface area contributed by atoms with Crippen molar-refractivity contribution in [1.29, 1.82) is 0 Å². The van der Waals surface area contributed by atoms with Gasteiger partial charge in [0.05, 0.1) is 12.8 Å². The number of benzene rings is 1. The van der Waals surface area contributed by atoms with Crippen molar-refractivity contribution in [2.75, 3.05) is 12.4 Å². The van der Waals surface area contributed by atoms with Crippen LogP contribution in [-0.4, -0.2) is 23.0 Å². The molecule has 0 aliphatic rings. The minimum Gasteiger partial charge on any atom is -0.497 e. The van der Waals surface area contributed by atoms with Crippen molar-refractivity contribution < 1.29 is 9.53 Å². The zero-order valence-corrected chi connectivity index (χ0v) is 14.7. The lowest BCUT2D eigenvalue weighted by atomic mass is 10.1. The van der Waals surface area contributed by atoms with Gasteiger partial charge in [0, 0.05) is 28.9 Å². The number of nitrogens with one attached hydrogen (secondary N) is 1. The van der Waals surface area contributed by atoms with Gasteiger partial charge in [-0.2, -0.15) is 0 Å². The lowest BCUT2D eigenvalue weighted by Gasteiger charge is -2.01. The van der Waals surface area contributed by atoms with Crippen molar-refractivity contribution in [2.45, 2.75) is 6.92 Å². The molecule has 0 saturated carbocycles. The van der Waals surface area contributed by atoms with Crippen molar-refractivity contribution in [3.05, 3.63) is 65.3 Å². The van der Waals surface area contributed by atoms with Crippen LogP contribution in [0.4, 0.5) is 5.13 Å². The predicted octanol–water partition coefficient (Wildman–Crippen LogP) is 4.17. The van der Waals surface area contributed by atoms with Crippen molar-refractivity contribution in [1.82, 2.24) is 9.97 Å². The summed E-state index contributed by atoms with van der Waals surface area (Å²) < 4.78 is 5.17. The fourth-order valence-electron chi connectivity index (χ4n) is 2.26. The molecule has 0 aliphatic carbocycles. The van der Waals surface area contributed by atoms with Crippen LogP contribution in [0.1, 0.15) is 10.4 Å². The predicted molar refractivity (Wildman–Crippen MR) is 101 cm³/mol. The number of ether oxygens (including phenoxy) is 1. The van der Waals surface area contributed by atoms with E-state index >= 15 is 0 Å². The lowest BCUT2D eigenvalue weighted by molar-refractivity contribution is -0.111. The molecule has 1 N–H and O–H groups in total. The summed E-state index contributed by atoms with van der Waals surface area (Å²) in [6.45, 7) is 1.98. The molecule has 2 heterocycles. The van der Waals surface area contributed by atoms with Crippen LogP contribution in [0.15, 0.2) is 54.9 Å². The van der Waals surface area contributed by atoms with E-state index < -0.39 is 0 Å². The van der Waals surface area contributed by atoms with E-state index in [9.17, 15) is 4.79 Å². The molecule has 0 fully saturated rings. The van der Waals surface area contributed by atoms with Gasteiger partial charge < -0.3 is 4.74 Å². The van der Waals surface area contributed by atoms with Crippen LogP contribution >= 0.6 is 11.3 Å². The summed E-state index contributed by atoms with van der Waals surface area (Å²) >= 11 is 1.45. The minimum absolute atomic E-state index is 0.223. The van der Waals surface area contributed by atoms with Crippen molar-refractivity contribution in [2.24, 2.45) is 0 Å². The number of thiazole rings is 1. The van der Waals surface area contributed by atoms with Crippen LogP contribution in [0.2, 0.25) is 0 Å². The fraction of sp³-hybridized carbons (Fsp3) is 0.105. The molecule has 0 saturated heterocycles. The number of amides is 1. The van der Waals surface area contributed by atoms with E-state index in [2.05, 4.69) is 15.3 Å². The van der Waals surface area contributed by atoms with Gasteiger partial charge in [0.1, 0.15) is 5.75 Å². The largest absolute Gasteiger partial charge is 0.497 e. The summed E-state index contributed by atoms with van der Waals surface area (Å²) in [6.07, 6.45) is 6.57. The first-order valence-corrected chi connectivity index (χ1v) is 8.48. The summed E-state index contributed by atoms with van der Waals surface area (Å²) in [4.78, 5) is 21.6. The number of methoxy groups -OCH3 is 1. The molecular formula is C19H17N3O2S. The van der Waals surface area contributed by atoms with Crippen molar-refractivity contribution in [3.63, 3.8) is 0 Å². The molecule has 0 atom stereocenters. The number of nitrogens with zero attached hydrogens (tertiary/aromatic N) is 2. The Balaban J connectivity index is 1.71. The second-order valence-corrected chi connectivity index (χ2v) is 6.46. The number of hydrogen-bond acceptors (Lipinski definition) is 5. The topological polar surface area (TPSA) is 64.1 Å². The highest BCUT2D eigenvalue weighted by Gasteiger charge is 2.11. The monoisotopic (exact) mass is 351 g/mol. The first-order valence-electron chi connectivity index (χ1n) is 7.66. The molecule has 0 spiro atoms. The number of carbonyl (C=O) groups is 1. The number of aromatic nitrogens is 2. The molecule has 126 valence electrons. The normalized spacial score (nSPS) is 10.8. The van der Waals surface area contributed by atoms with Gasteiger partial charge in [0.2, 0.25) is 5.91 Å². The molecule has 1 aromatic carbocycles. The SMILES string of the molecule is COc1ccc(-c2nc(NC(=O)/C=C/c3cccnc3)sc2C)cc1. The first kappa shape index (κ1) is 16.9. The van der Waals surface area contributed by atoms with Gasteiger partial charge in [-0.15, -0.1) is 11.3 Å². The highest BCUT2D eigenvalue weighted by Crippen LogP contribution is 2.31. The summed E-state index contributed by atoms with van der Waals surface area (Å²) in [7, 11) is 1.63. The third-order valence-corrected chi connectivity index (χ3v) is 4.39. The van der Waals surface area contributed by atoms with Gasteiger partial charge >= 0.3 is 0 Å². The maximum atomic E-state index is 12.1. The van der Waals surface area contributed by atoms with E-state index in [1.807, 2.05) is 43.3 Å². The van der Waals surface area contributed by atoms with Gasteiger partial charge in [-0.3, -0.25) is 15.1 Å². The number of aryl methyl sites for hydroxylation is 1. The van der Waals surface area contributed by atoms with Gasteiger partial charge in [0.25, 0.3) is 0 Å². The molecule has 6 heteroatoms. The molecular weight excluding hydrogens is 334 g/mol. The smallest absolute Gasteiger partial charge is 0.250 e. The molecule has 0 radical (unpaired) electrons. The van der Waals surface area contributed by atoms with Crippen LogP contribution in [-0.2, 0) is 4.79 Å². The molecule has 1 amide bonds. The number of carbonyl (C=O) groups excluding carboxylic acids is 1. The third-order valence-electron chi connectivity index (χ3n) is 3.50. The molecule has 25 heavy (non-hydrogen) atoms. The quantitative estimate of drug-likeness (QED) is 0.701. The highest BCUT2D eigenvalue weighted by molar-refractivity contribution is 7.16. The third kappa shape index (κ3) is 4.30. The number of pyridine rings is 1. The minimum atomic E-state index is -0.223. The van der Waals surface area contributed by atoms with Crippen molar-refractivity contribution >= 4 is 28.5 Å². The van der Waals surface area contributed by atoms with Crippen molar-refractivity contribution in [3.8, 4) is 17.0 Å². The van der Waals surface area contributed by atoms with Gasteiger partial charge in [-0.25, -0.2) is 4.98 Å². The second-order valence-electron chi connectivity index (χ2n) is 5.26. The fourth-order valence-corrected chi connectivity index (χ4v) is 3.10. The molecule has 0 unspecified atom stereocenters. The summed E-state index contributed by atoms with van der Waals surface area (Å²) in [5, 5.41) is 3.38. The average Bonchev–Trinajstić information content (AvgIpc) is 3.01. The van der Waals surface area contributed by atoms with Gasteiger partial charge in [0.15, 0.2) is 5.13 Å². The van der Waals surface area contributed by atoms with Crippen LogP contribution in [0.3, 0.4) is 0 Å². The molecule has 3 rings (SSSR count). The second kappa shape index (κ2) is 7.72. The number of hydrogen-bond donors (Lipinski definition) is 1. The van der Waals surface area contributed by atoms with E-state index in [0.717, 1.165) is 27.4 Å². The van der Waals surface area contributed by atoms with E-state index in [1.54, 1.807) is 25.6 Å². The summed E-state index contributed by atoms with van der Waals surface area (Å²) in [5.74, 6) is 0.574. The Hall–Kier alpha value is -2.99. The Morgan fingerprint density at radius 1 is 1.24 bits per heavy atom. The zero-order chi connectivity index (χ0) is 17.6. The standard InChI is InChI=1S/C19H17N3O2S/c1-13-18(15-6-8-16(24-2)9-7-15)22-19(25-13)21-17(23)10-5-14-4-3-11-20-12-14/h3-12H,1-2H3,(H,21,22,23)/b10-5+. The maximum Gasteiger partial charge on any atom is 0.250 e. The van der Waals surface area contributed by atoms with Crippen LogP contribution in [0, 0.1) is 6.92 Å². The molecule has 3 aromatic rings. The Morgan fingerprint density at radius 3 is 2.72 bits per heavy atom. The van der Waals surface area contributed by atoms with Gasteiger partial charge in [-0.1, -0.05) is 6.07 Å². The van der Waals surface area contributed by atoms with E-state index in [4.69, 9.17) is 4.74 Å². The van der Waals surface area contributed by atoms with Crippen LogP contribution < -0.4 is 10.1 Å². The Kier molecular flexibility index (Phi) is 5.20. The van der Waals surface area contributed by atoms with E-state index in [1.165, 1.54) is 17.4 Å². The summed E-state index contributed by atoms with van der Waals surface area (Å²) in [6, 6.07) is 11.4. The van der Waals surface area contributed by atoms with E-state index in [-0.39, 0.29) is 5.91 Å². The maximum absolute atomic E-state index is 12.1. The molecule has 0 bridgehead atoms. The van der Waals surface area contributed by atoms with Gasteiger partial charge in [-0.05, 0) is 48.9 Å². The molecule has 0 aliphatic heterocycles. The van der Waals surface area contributed by atoms with Crippen LogP contribution in [0.25, 0.3) is 17.3 Å². The van der Waals surface area contributed by atoms with E-state index in [0.29, 0.717) is 5.13 Å². The number of rotatable bonds is 5. The molecule has 5 nitrogen and oxygen atoms in total. The first-order chi connectivity index (χ1) is 12.2. The van der Waals surface area contributed by atoms with Crippen LogP contribution in [0.5, 0.6) is 5.75 Å². The highest BCUT2D eigenvalue weighted by atomic mass is 32.1. The number of anilines is 1. The average molecular weight is 351 g/mol. The Bertz CT molecular complexity index is 887.